The summed E-state index contributed by atoms with van der Waals surface area (Å²) in [6.45, 7) is 2.68. The van der Waals surface area contributed by atoms with E-state index < -0.39 is 17.7 Å². The van der Waals surface area contributed by atoms with Crippen LogP contribution in [0.3, 0.4) is 0 Å². The van der Waals surface area contributed by atoms with Crippen LogP contribution in [0.25, 0.3) is 0 Å². The topological polar surface area (TPSA) is 87.2 Å². The third-order valence-corrected chi connectivity index (χ3v) is 5.92. The van der Waals surface area contributed by atoms with Crippen molar-refractivity contribution in [3.8, 4) is 0 Å². The van der Waals surface area contributed by atoms with E-state index in [4.69, 9.17) is 4.74 Å². The minimum atomic E-state index is -1.09. The number of ether oxygens (including phenoxy) is 1. The van der Waals surface area contributed by atoms with E-state index in [1.807, 2.05) is 19.1 Å². The van der Waals surface area contributed by atoms with Gasteiger partial charge in [0.15, 0.2) is 6.04 Å². The Balaban J connectivity index is 1.54. The molecule has 2 saturated heterocycles. The maximum atomic E-state index is 13.2. The van der Waals surface area contributed by atoms with E-state index in [9.17, 15) is 19.5 Å². The summed E-state index contributed by atoms with van der Waals surface area (Å²) in [5.41, 5.74) is 1.11. The molecule has 0 saturated carbocycles. The Morgan fingerprint density at radius 1 is 0.933 bits per heavy atom. The summed E-state index contributed by atoms with van der Waals surface area (Å²) in [5.74, 6) is -1.52. The molecule has 2 amide bonds. The highest BCUT2D eigenvalue weighted by molar-refractivity contribution is 5.97. The van der Waals surface area contributed by atoms with Gasteiger partial charge in [-0.1, -0.05) is 35.9 Å². The molecule has 0 unspecified atom stereocenters. The van der Waals surface area contributed by atoms with Crippen LogP contribution in [0.5, 0.6) is 0 Å². The molecule has 2 aliphatic rings. The van der Waals surface area contributed by atoms with Crippen molar-refractivity contribution < 1.29 is 24.2 Å². The standard InChI is InChI=1S/C23H24N2O5/c1-16-7-9-18(10-8-16)20(26)24-13-11-23(12-14-24)25(19(15-30-23)22(28)29)21(27)17-5-3-2-4-6-17/h2-10,19H,11-15H2,1H3,(H,28,29)/t19-/m0/s1. The lowest BCUT2D eigenvalue weighted by Gasteiger charge is -2.44. The molecule has 2 aromatic carbocycles. The highest BCUT2D eigenvalue weighted by atomic mass is 16.5. The monoisotopic (exact) mass is 408 g/mol. The number of carbonyl (C=O) groups is 3. The highest BCUT2D eigenvalue weighted by Gasteiger charge is 2.54. The second kappa shape index (κ2) is 7.91. The van der Waals surface area contributed by atoms with Gasteiger partial charge in [-0.15, -0.1) is 0 Å². The van der Waals surface area contributed by atoms with Crippen molar-refractivity contribution in [3.63, 3.8) is 0 Å². The Morgan fingerprint density at radius 2 is 1.53 bits per heavy atom. The van der Waals surface area contributed by atoms with Crippen molar-refractivity contribution in [1.82, 2.24) is 9.80 Å². The van der Waals surface area contributed by atoms with Crippen LogP contribution in [-0.2, 0) is 9.53 Å². The van der Waals surface area contributed by atoms with Gasteiger partial charge in [-0.2, -0.15) is 0 Å². The summed E-state index contributed by atoms with van der Waals surface area (Å²) in [6, 6.07) is 15.0. The van der Waals surface area contributed by atoms with Gasteiger partial charge in [0.25, 0.3) is 11.8 Å². The van der Waals surface area contributed by atoms with E-state index >= 15 is 0 Å². The van der Waals surface area contributed by atoms with Crippen LogP contribution in [0, 0.1) is 6.92 Å². The number of hydrogen-bond acceptors (Lipinski definition) is 4. The second-order valence-corrected chi connectivity index (χ2v) is 7.81. The molecule has 1 atom stereocenters. The van der Waals surface area contributed by atoms with Gasteiger partial charge in [-0.3, -0.25) is 14.5 Å². The van der Waals surface area contributed by atoms with Gasteiger partial charge >= 0.3 is 5.97 Å². The fraction of sp³-hybridized carbons (Fsp3) is 0.348. The maximum absolute atomic E-state index is 13.2. The van der Waals surface area contributed by atoms with Crippen molar-refractivity contribution in [2.24, 2.45) is 0 Å². The molecule has 2 heterocycles. The number of likely N-dealkylation sites (tertiary alicyclic amines) is 1. The average Bonchev–Trinajstić information content (AvgIpc) is 3.13. The molecule has 1 N–H and O–H groups in total. The summed E-state index contributed by atoms with van der Waals surface area (Å²) in [7, 11) is 0. The molecule has 4 rings (SSSR count). The zero-order valence-corrected chi connectivity index (χ0v) is 16.8. The molecule has 7 nitrogen and oxygen atoms in total. The largest absolute Gasteiger partial charge is 0.480 e. The third kappa shape index (κ3) is 3.57. The predicted molar refractivity (Wildman–Crippen MR) is 109 cm³/mol. The van der Waals surface area contributed by atoms with Crippen LogP contribution in [0.15, 0.2) is 54.6 Å². The van der Waals surface area contributed by atoms with Gasteiger partial charge in [0.2, 0.25) is 0 Å². The molecule has 2 fully saturated rings. The second-order valence-electron chi connectivity index (χ2n) is 7.81. The van der Waals surface area contributed by atoms with Gasteiger partial charge in [0, 0.05) is 37.1 Å². The Morgan fingerprint density at radius 3 is 2.13 bits per heavy atom. The van der Waals surface area contributed by atoms with Crippen molar-refractivity contribution in [2.75, 3.05) is 19.7 Å². The van der Waals surface area contributed by atoms with Crippen molar-refractivity contribution in [3.05, 3.63) is 71.3 Å². The maximum Gasteiger partial charge on any atom is 0.328 e. The lowest BCUT2D eigenvalue weighted by Crippen LogP contribution is -2.58. The molecule has 0 aliphatic carbocycles. The number of hydrogen-bond donors (Lipinski definition) is 1. The van der Waals surface area contributed by atoms with E-state index in [0.29, 0.717) is 37.1 Å². The van der Waals surface area contributed by atoms with Crippen LogP contribution < -0.4 is 0 Å². The first-order valence-electron chi connectivity index (χ1n) is 10.0. The van der Waals surface area contributed by atoms with Gasteiger partial charge in [-0.05, 0) is 31.2 Å². The Bertz CT molecular complexity index is 949. The minimum Gasteiger partial charge on any atom is -0.480 e. The average molecular weight is 408 g/mol. The van der Waals surface area contributed by atoms with E-state index in [-0.39, 0.29) is 18.4 Å². The number of piperidine rings is 1. The Hall–Kier alpha value is -3.19. The van der Waals surface area contributed by atoms with Gasteiger partial charge in [-0.25, -0.2) is 4.79 Å². The fourth-order valence-electron chi connectivity index (χ4n) is 4.21. The zero-order valence-electron chi connectivity index (χ0n) is 16.8. The third-order valence-electron chi connectivity index (χ3n) is 5.92. The molecule has 7 heteroatoms. The molecule has 0 bridgehead atoms. The molecule has 0 radical (unpaired) electrons. The van der Waals surface area contributed by atoms with Crippen LogP contribution in [0.4, 0.5) is 0 Å². The smallest absolute Gasteiger partial charge is 0.328 e. The first kappa shape index (κ1) is 20.1. The zero-order chi connectivity index (χ0) is 21.3. The van der Waals surface area contributed by atoms with Crippen LogP contribution >= 0.6 is 0 Å². The first-order chi connectivity index (χ1) is 14.4. The van der Waals surface area contributed by atoms with Gasteiger partial charge in [0.1, 0.15) is 5.72 Å². The number of carboxylic acids is 1. The summed E-state index contributed by atoms with van der Waals surface area (Å²) in [4.78, 5) is 41.0. The van der Waals surface area contributed by atoms with E-state index in [2.05, 4.69) is 0 Å². The predicted octanol–water partition coefficient (Wildman–Crippen LogP) is 2.55. The number of carbonyl (C=O) groups excluding carboxylic acids is 2. The molecule has 156 valence electrons. The summed E-state index contributed by atoms with van der Waals surface area (Å²) < 4.78 is 5.95. The lowest BCUT2D eigenvalue weighted by atomic mass is 9.96. The van der Waals surface area contributed by atoms with E-state index in [1.54, 1.807) is 47.4 Å². The molecule has 1 spiro atoms. The van der Waals surface area contributed by atoms with E-state index in [1.165, 1.54) is 4.90 Å². The van der Waals surface area contributed by atoms with E-state index in [0.717, 1.165) is 5.56 Å². The number of rotatable bonds is 3. The number of amides is 2. The first-order valence-corrected chi connectivity index (χ1v) is 10.0. The van der Waals surface area contributed by atoms with Crippen LogP contribution in [0.2, 0.25) is 0 Å². The van der Waals surface area contributed by atoms with Crippen molar-refractivity contribution in [1.29, 1.82) is 0 Å². The molecule has 2 aliphatic heterocycles. The fourth-order valence-corrected chi connectivity index (χ4v) is 4.21. The van der Waals surface area contributed by atoms with Gasteiger partial charge in [0.05, 0.1) is 6.61 Å². The van der Waals surface area contributed by atoms with Crippen LogP contribution in [0.1, 0.15) is 39.1 Å². The highest BCUT2D eigenvalue weighted by Crippen LogP contribution is 2.38. The minimum absolute atomic E-state index is 0.0557. The number of aryl methyl sites for hydroxylation is 1. The Labute approximate surface area is 174 Å². The summed E-state index contributed by atoms with van der Waals surface area (Å²) in [5, 5.41) is 9.67. The molecule has 2 aromatic rings. The number of carboxylic acid groups (broad SMARTS) is 1. The number of aliphatic carboxylic acids is 1. The quantitative estimate of drug-likeness (QED) is 0.843. The molecule has 0 aromatic heterocycles. The SMILES string of the molecule is Cc1ccc(C(=O)N2CCC3(CC2)OC[C@@H](C(=O)O)N3C(=O)c2ccccc2)cc1. The van der Waals surface area contributed by atoms with Crippen molar-refractivity contribution >= 4 is 17.8 Å². The number of nitrogens with zero attached hydrogens (tertiary/aromatic N) is 2. The summed E-state index contributed by atoms with van der Waals surface area (Å²) in [6.07, 6.45) is 0.736. The molecular formula is C23H24N2O5. The normalized spacial score (nSPS) is 20.4. The Kier molecular flexibility index (Phi) is 5.30. The van der Waals surface area contributed by atoms with Crippen LogP contribution in [-0.4, -0.2) is 64.2 Å². The lowest BCUT2D eigenvalue weighted by molar-refractivity contribution is -0.143. The molecular weight excluding hydrogens is 384 g/mol. The van der Waals surface area contributed by atoms with Crippen molar-refractivity contribution in [2.45, 2.75) is 31.5 Å². The number of benzene rings is 2. The molecule has 30 heavy (non-hydrogen) atoms. The van der Waals surface area contributed by atoms with Gasteiger partial charge < -0.3 is 14.7 Å². The summed E-state index contributed by atoms with van der Waals surface area (Å²) >= 11 is 0.